The van der Waals surface area contributed by atoms with E-state index in [1.807, 2.05) is 19.3 Å². The molecule has 13 heavy (non-hydrogen) atoms. The minimum atomic E-state index is 0.795. The smallest absolute Gasteiger partial charge is 0.147 e. The Hall–Kier alpha value is -1.03. The van der Waals surface area contributed by atoms with Crippen molar-refractivity contribution in [2.75, 3.05) is 18.4 Å². The van der Waals surface area contributed by atoms with Gasteiger partial charge in [-0.15, -0.1) is 0 Å². The molecule has 0 saturated heterocycles. The molecule has 0 aromatic carbocycles. The summed E-state index contributed by atoms with van der Waals surface area (Å²) in [4.78, 5) is 0. The van der Waals surface area contributed by atoms with Crippen molar-refractivity contribution in [3.8, 4) is 0 Å². The molecule has 0 aliphatic heterocycles. The zero-order valence-corrected chi connectivity index (χ0v) is 8.16. The van der Waals surface area contributed by atoms with Crippen LogP contribution in [0.2, 0.25) is 0 Å². The molecule has 4 heteroatoms. The second-order valence-electron chi connectivity index (χ2n) is 3.15. The summed E-state index contributed by atoms with van der Waals surface area (Å²) < 4.78 is 1.79. The number of hydrogen-bond donors (Lipinski definition) is 2. The van der Waals surface area contributed by atoms with Crippen molar-refractivity contribution >= 4 is 5.82 Å². The lowest BCUT2D eigenvalue weighted by Crippen LogP contribution is -2.04. The van der Waals surface area contributed by atoms with E-state index >= 15 is 0 Å². The zero-order valence-electron chi connectivity index (χ0n) is 8.16. The van der Waals surface area contributed by atoms with Crippen molar-refractivity contribution in [1.29, 1.82) is 0 Å². The second-order valence-corrected chi connectivity index (χ2v) is 3.15. The van der Waals surface area contributed by atoms with E-state index in [9.17, 15) is 0 Å². The number of nitrogens with two attached hydrogens (primary N) is 1. The first-order valence-corrected chi connectivity index (χ1v) is 4.76. The van der Waals surface area contributed by atoms with E-state index in [1.165, 1.54) is 6.42 Å². The molecule has 0 radical (unpaired) electrons. The van der Waals surface area contributed by atoms with Gasteiger partial charge in [-0.2, -0.15) is 5.10 Å². The van der Waals surface area contributed by atoms with E-state index < -0.39 is 0 Å². The summed E-state index contributed by atoms with van der Waals surface area (Å²) >= 11 is 0. The van der Waals surface area contributed by atoms with Crippen LogP contribution in [0.4, 0.5) is 5.82 Å². The molecule has 0 saturated carbocycles. The van der Waals surface area contributed by atoms with Gasteiger partial charge in [0.15, 0.2) is 0 Å². The Bertz CT molecular complexity index is 231. The normalized spacial score (nSPS) is 10.3. The summed E-state index contributed by atoms with van der Waals surface area (Å²) in [5.74, 6) is 0.954. The second kappa shape index (κ2) is 5.59. The van der Waals surface area contributed by atoms with E-state index in [0.29, 0.717) is 0 Å². The number of nitrogens with one attached hydrogen (secondary N) is 1. The number of aromatic nitrogens is 2. The van der Waals surface area contributed by atoms with Crippen LogP contribution >= 0.6 is 0 Å². The SMILES string of the molecule is Cn1ccc(NCCCCCN)n1. The Morgan fingerprint density at radius 1 is 1.46 bits per heavy atom. The van der Waals surface area contributed by atoms with Crippen molar-refractivity contribution in [2.24, 2.45) is 12.8 Å². The lowest BCUT2D eigenvalue weighted by Gasteiger charge is -2.01. The molecule has 1 heterocycles. The first-order chi connectivity index (χ1) is 6.33. The molecule has 1 rings (SSSR count). The van der Waals surface area contributed by atoms with Crippen LogP contribution < -0.4 is 11.1 Å². The van der Waals surface area contributed by atoms with Crippen LogP contribution in [0.5, 0.6) is 0 Å². The number of aryl methyl sites for hydroxylation is 1. The molecule has 0 unspecified atom stereocenters. The van der Waals surface area contributed by atoms with Crippen LogP contribution in [0.1, 0.15) is 19.3 Å². The predicted octanol–water partition coefficient (Wildman–Crippen LogP) is 0.961. The topological polar surface area (TPSA) is 55.9 Å². The highest BCUT2D eigenvalue weighted by Gasteiger charge is 1.93. The lowest BCUT2D eigenvalue weighted by atomic mass is 10.2. The number of nitrogens with zero attached hydrogens (tertiary/aromatic N) is 2. The first-order valence-electron chi connectivity index (χ1n) is 4.76. The predicted molar refractivity (Wildman–Crippen MR) is 54.6 cm³/mol. The van der Waals surface area contributed by atoms with Gasteiger partial charge in [0.05, 0.1) is 0 Å². The first kappa shape index (κ1) is 10.1. The molecule has 3 N–H and O–H groups in total. The van der Waals surface area contributed by atoms with Crippen molar-refractivity contribution < 1.29 is 0 Å². The fourth-order valence-corrected chi connectivity index (χ4v) is 1.17. The molecule has 0 atom stereocenters. The largest absolute Gasteiger partial charge is 0.369 e. The molecular weight excluding hydrogens is 164 g/mol. The van der Waals surface area contributed by atoms with Crippen LogP contribution in [0.15, 0.2) is 12.3 Å². The van der Waals surface area contributed by atoms with Crippen molar-refractivity contribution in [3.63, 3.8) is 0 Å². The summed E-state index contributed by atoms with van der Waals surface area (Å²) in [6, 6.07) is 1.98. The highest BCUT2D eigenvalue weighted by molar-refractivity contribution is 5.31. The van der Waals surface area contributed by atoms with E-state index in [4.69, 9.17) is 5.73 Å². The van der Waals surface area contributed by atoms with Gasteiger partial charge in [-0.25, -0.2) is 0 Å². The Morgan fingerprint density at radius 2 is 2.31 bits per heavy atom. The van der Waals surface area contributed by atoms with Gasteiger partial charge >= 0.3 is 0 Å². The van der Waals surface area contributed by atoms with Gasteiger partial charge in [-0.1, -0.05) is 6.42 Å². The monoisotopic (exact) mass is 182 g/mol. The van der Waals surface area contributed by atoms with Gasteiger partial charge in [-0.3, -0.25) is 4.68 Å². The molecule has 1 aromatic heterocycles. The average Bonchev–Trinajstić information content (AvgIpc) is 2.51. The third kappa shape index (κ3) is 3.94. The van der Waals surface area contributed by atoms with Crippen LogP contribution in [-0.2, 0) is 7.05 Å². The Kier molecular flexibility index (Phi) is 4.32. The maximum atomic E-state index is 5.39. The minimum absolute atomic E-state index is 0.795. The van der Waals surface area contributed by atoms with Gasteiger partial charge < -0.3 is 11.1 Å². The summed E-state index contributed by atoms with van der Waals surface area (Å²) in [7, 11) is 1.92. The fourth-order valence-electron chi connectivity index (χ4n) is 1.17. The Labute approximate surface area is 79.1 Å². The molecule has 0 aliphatic rings. The van der Waals surface area contributed by atoms with Gasteiger partial charge in [-0.05, 0) is 19.4 Å². The maximum Gasteiger partial charge on any atom is 0.147 e. The molecule has 1 aromatic rings. The summed E-state index contributed by atoms with van der Waals surface area (Å²) in [6.45, 7) is 1.78. The molecule has 0 amide bonds. The maximum absolute atomic E-state index is 5.39. The molecule has 0 aliphatic carbocycles. The standard InChI is InChI=1S/C9H18N4/c1-13-8-5-9(12-13)11-7-4-2-3-6-10/h5,8H,2-4,6-7,10H2,1H3,(H,11,12). The van der Waals surface area contributed by atoms with Gasteiger partial charge in [0.2, 0.25) is 0 Å². The van der Waals surface area contributed by atoms with Crippen LogP contribution in [0.25, 0.3) is 0 Å². The van der Waals surface area contributed by atoms with E-state index in [-0.39, 0.29) is 0 Å². The number of rotatable bonds is 6. The van der Waals surface area contributed by atoms with Gasteiger partial charge in [0, 0.05) is 25.9 Å². The third-order valence-electron chi connectivity index (χ3n) is 1.90. The van der Waals surface area contributed by atoms with Crippen molar-refractivity contribution in [2.45, 2.75) is 19.3 Å². The highest BCUT2D eigenvalue weighted by Crippen LogP contribution is 2.01. The molecule has 0 fully saturated rings. The number of unbranched alkanes of at least 4 members (excludes halogenated alkanes) is 2. The fraction of sp³-hybridized carbons (Fsp3) is 0.667. The summed E-state index contributed by atoms with van der Waals surface area (Å²) in [6.07, 6.45) is 5.40. The number of hydrogen-bond acceptors (Lipinski definition) is 3. The van der Waals surface area contributed by atoms with Crippen molar-refractivity contribution in [1.82, 2.24) is 9.78 Å². The Balaban J connectivity index is 2.06. The van der Waals surface area contributed by atoms with Crippen molar-refractivity contribution in [3.05, 3.63) is 12.3 Å². The molecule has 0 bridgehead atoms. The van der Waals surface area contributed by atoms with Crippen LogP contribution in [0.3, 0.4) is 0 Å². The van der Waals surface area contributed by atoms with Crippen LogP contribution in [0, 0.1) is 0 Å². The molecule has 74 valence electrons. The Morgan fingerprint density at radius 3 is 2.92 bits per heavy atom. The van der Waals surface area contributed by atoms with Gasteiger partial charge in [0.1, 0.15) is 5.82 Å². The highest BCUT2D eigenvalue weighted by atomic mass is 15.3. The van der Waals surface area contributed by atoms with E-state index in [1.54, 1.807) is 4.68 Å². The minimum Gasteiger partial charge on any atom is -0.369 e. The summed E-state index contributed by atoms with van der Waals surface area (Å²) in [5, 5.41) is 7.46. The van der Waals surface area contributed by atoms with E-state index in [2.05, 4.69) is 10.4 Å². The zero-order chi connectivity index (χ0) is 9.52. The quantitative estimate of drug-likeness (QED) is 0.644. The van der Waals surface area contributed by atoms with Gasteiger partial charge in [0.25, 0.3) is 0 Å². The summed E-state index contributed by atoms with van der Waals surface area (Å²) in [5.41, 5.74) is 5.39. The molecule has 0 spiro atoms. The molecule has 4 nitrogen and oxygen atoms in total. The van der Waals surface area contributed by atoms with E-state index in [0.717, 1.165) is 31.7 Å². The third-order valence-corrected chi connectivity index (χ3v) is 1.90. The lowest BCUT2D eigenvalue weighted by molar-refractivity contribution is 0.703. The average molecular weight is 182 g/mol. The number of anilines is 1. The molecular formula is C9H18N4. The van der Waals surface area contributed by atoms with Crippen LogP contribution in [-0.4, -0.2) is 22.9 Å².